The molecule has 0 aromatic heterocycles. The Labute approximate surface area is 224 Å². The molecule has 0 fully saturated rings. The van der Waals surface area contributed by atoms with E-state index in [9.17, 15) is 49.1 Å². The molecule has 0 heterocycles. The third-order valence-electron chi connectivity index (χ3n) is 6.80. The maximum absolute atomic E-state index is 14.7. The van der Waals surface area contributed by atoms with Gasteiger partial charge in [0.1, 0.15) is 11.6 Å². The van der Waals surface area contributed by atoms with Crippen LogP contribution in [-0.2, 0) is 32.3 Å². The summed E-state index contributed by atoms with van der Waals surface area (Å²) >= 11 is 0. The number of alkyl halides is 6. The van der Waals surface area contributed by atoms with Crippen LogP contribution in [0.1, 0.15) is 37.0 Å². The van der Waals surface area contributed by atoms with Gasteiger partial charge in [0.05, 0.1) is 4.90 Å². The van der Waals surface area contributed by atoms with Crippen LogP contribution in [0, 0.1) is 5.82 Å². The molecule has 3 aromatic rings. The van der Waals surface area contributed by atoms with E-state index in [2.05, 4.69) is 4.72 Å². The van der Waals surface area contributed by atoms with Crippen LogP contribution < -0.4 is 4.72 Å². The van der Waals surface area contributed by atoms with Gasteiger partial charge < -0.3 is 5.11 Å². The molecule has 4 rings (SSSR count). The molecule has 1 aliphatic rings. The number of hydrogen-bond donors (Lipinski definition) is 2. The number of Topliss-reactive ketones (excluding diaryl/α,β-unsaturated/α-hetero) is 1. The van der Waals surface area contributed by atoms with E-state index in [4.69, 9.17) is 0 Å². The Morgan fingerprint density at radius 2 is 1.48 bits per heavy atom. The Morgan fingerprint density at radius 1 is 0.875 bits per heavy atom. The van der Waals surface area contributed by atoms with Gasteiger partial charge in [0, 0.05) is 29.7 Å². The van der Waals surface area contributed by atoms with Crippen molar-refractivity contribution in [1.29, 1.82) is 0 Å². The number of halogens is 7. The highest BCUT2D eigenvalue weighted by Crippen LogP contribution is 2.50. The predicted molar refractivity (Wildman–Crippen MR) is 131 cm³/mol. The number of carbonyl (C=O) groups is 1. The Hall–Kier alpha value is -3.45. The quantitative estimate of drug-likeness (QED) is 0.338. The van der Waals surface area contributed by atoms with E-state index in [-0.39, 0.29) is 46.4 Å². The Balaban J connectivity index is 1.60. The summed E-state index contributed by atoms with van der Waals surface area (Å²) in [5, 5.41) is 9.49. The molecule has 0 amide bonds. The van der Waals surface area contributed by atoms with Gasteiger partial charge in [-0.15, -0.1) is 0 Å². The van der Waals surface area contributed by atoms with E-state index in [1.54, 1.807) is 6.07 Å². The van der Waals surface area contributed by atoms with Gasteiger partial charge in [-0.05, 0) is 52.4 Å². The van der Waals surface area contributed by atoms with Crippen LogP contribution in [0.15, 0.2) is 65.6 Å². The van der Waals surface area contributed by atoms with Crippen LogP contribution in [0.4, 0.5) is 36.4 Å². The zero-order valence-corrected chi connectivity index (χ0v) is 21.7. The predicted octanol–water partition coefficient (Wildman–Crippen LogP) is 6.40. The zero-order chi connectivity index (χ0) is 29.9. The molecule has 5 nitrogen and oxygen atoms in total. The monoisotopic (exact) mass is 589 g/mol. The summed E-state index contributed by atoms with van der Waals surface area (Å²) < 4.78 is 122. The van der Waals surface area contributed by atoms with Crippen molar-refractivity contribution < 1.29 is 49.1 Å². The molecule has 1 aliphatic carbocycles. The van der Waals surface area contributed by atoms with E-state index in [1.165, 1.54) is 36.4 Å². The second-order valence-electron chi connectivity index (χ2n) is 10.2. The zero-order valence-electron chi connectivity index (χ0n) is 20.9. The van der Waals surface area contributed by atoms with Gasteiger partial charge in [-0.2, -0.15) is 26.3 Å². The van der Waals surface area contributed by atoms with E-state index in [1.807, 2.05) is 13.8 Å². The number of ketones is 1. The molecule has 0 saturated heterocycles. The molecule has 0 saturated carbocycles. The number of sulfonamides is 1. The average molecular weight is 590 g/mol. The van der Waals surface area contributed by atoms with Crippen LogP contribution in [0.5, 0.6) is 0 Å². The highest BCUT2D eigenvalue weighted by atomic mass is 32.2. The van der Waals surface area contributed by atoms with Gasteiger partial charge in [0.25, 0.3) is 15.6 Å². The van der Waals surface area contributed by atoms with E-state index in [0.717, 1.165) is 11.1 Å². The summed E-state index contributed by atoms with van der Waals surface area (Å²) in [5.41, 5.74) is -6.41. The van der Waals surface area contributed by atoms with Gasteiger partial charge in [0.2, 0.25) is 0 Å². The number of benzene rings is 3. The van der Waals surface area contributed by atoms with Crippen molar-refractivity contribution in [1.82, 2.24) is 0 Å². The van der Waals surface area contributed by atoms with E-state index >= 15 is 0 Å². The molecule has 2 N–H and O–H groups in total. The van der Waals surface area contributed by atoms with Crippen LogP contribution >= 0.6 is 0 Å². The van der Waals surface area contributed by atoms with Crippen molar-refractivity contribution >= 4 is 21.5 Å². The first-order valence-corrected chi connectivity index (χ1v) is 13.2. The fourth-order valence-corrected chi connectivity index (χ4v) is 5.85. The van der Waals surface area contributed by atoms with E-state index < -0.39 is 44.8 Å². The molecule has 0 bridgehead atoms. The Morgan fingerprint density at radius 3 is 2.02 bits per heavy atom. The Kier molecular flexibility index (Phi) is 7.07. The Bertz CT molecular complexity index is 1560. The van der Waals surface area contributed by atoms with Crippen molar-refractivity contribution in [2.75, 3.05) is 4.72 Å². The van der Waals surface area contributed by atoms with Gasteiger partial charge in [-0.3, -0.25) is 9.52 Å². The van der Waals surface area contributed by atoms with Crippen molar-refractivity contribution in [2.45, 2.75) is 55.0 Å². The molecule has 0 spiro atoms. The van der Waals surface area contributed by atoms with Crippen molar-refractivity contribution in [3.8, 4) is 11.1 Å². The summed E-state index contributed by atoms with van der Waals surface area (Å²) in [5.74, 6) is -1.42. The highest BCUT2D eigenvalue weighted by Gasteiger charge is 2.71. The summed E-state index contributed by atoms with van der Waals surface area (Å²) in [7, 11) is -4.10. The van der Waals surface area contributed by atoms with Crippen molar-refractivity contribution in [3.63, 3.8) is 0 Å². The summed E-state index contributed by atoms with van der Waals surface area (Å²) in [6.07, 6.45) is -11.9. The molecule has 0 unspecified atom stereocenters. The van der Waals surface area contributed by atoms with Crippen LogP contribution in [0.2, 0.25) is 0 Å². The second kappa shape index (κ2) is 9.58. The SMILES string of the molecule is CC1(C)CC(=O)Cc2ccc(S(=O)(=O)Nc3ccc(-c4ccc(C(O)(C(F)(F)F)C(F)(F)F)cc4F)cc3)cc21. The molecule has 0 atom stereocenters. The van der Waals surface area contributed by atoms with Gasteiger partial charge >= 0.3 is 12.4 Å². The number of anilines is 1. The second-order valence-corrected chi connectivity index (χ2v) is 11.9. The molecule has 40 heavy (non-hydrogen) atoms. The fraction of sp³-hybridized carbons (Fsp3) is 0.296. The minimum atomic E-state index is -6.16. The molecule has 0 radical (unpaired) electrons. The van der Waals surface area contributed by atoms with Gasteiger partial charge in [0.15, 0.2) is 0 Å². The standard InChI is InChI=1S/C27H22F7NO4S/c1-24(2)14-19(36)11-16-5-9-20(13-22(16)24)40(38,39)35-18-7-3-15(4-8-18)21-10-6-17(12-23(21)28)25(37,26(29,30)31)27(32,33)34/h3-10,12-13,35,37H,11,14H2,1-2H3. The largest absolute Gasteiger partial charge is 0.430 e. The lowest BCUT2D eigenvalue weighted by Gasteiger charge is -2.32. The third-order valence-corrected chi connectivity index (χ3v) is 8.18. The lowest BCUT2D eigenvalue weighted by molar-refractivity contribution is -0.376. The molecule has 214 valence electrons. The van der Waals surface area contributed by atoms with Crippen LogP contribution in [0.3, 0.4) is 0 Å². The first-order chi connectivity index (χ1) is 18.3. The first kappa shape index (κ1) is 29.5. The smallest absolute Gasteiger partial charge is 0.369 e. The molecule has 0 aliphatic heterocycles. The van der Waals surface area contributed by atoms with Crippen LogP contribution in [0.25, 0.3) is 11.1 Å². The topological polar surface area (TPSA) is 83.5 Å². The number of hydrogen-bond acceptors (Lipinski definition) is 4. The summed E-state index contributed by atoms with van der Waals surface area (Å²) in [4.78, 5) is 11.9. The fourth-order valence-electron chi connectivity index (χ4n) is 4.76. The summed E-state index contributed by atoms with van der Waals surface area (Å²) in [6, 6.07) is 10.3. The van der Waals surface area contributed by atoms with Crippen LogP contribution in [-0.4, -0.2) is 31.7 Å². The van der Waals surface area contributed by atoms with Gasteiger partial charge in [-0.25, -0.2) is 12.8 Å². The maximum Gasteiger partial charge on any atom is 0.430 e. The number of aliphatic hydroxyl groups is 1. The minimum Gasteiger partial charge on any atom is -0.369 e. The van der Waals surface area contributed by atoms with Crippen molar-refractivity contribution in [2.24, 2.45) is 0 Å². The summed E-state index contributed by atoms with van der Waals surface area (Å²) in [6.45, 7) is 3.67. The number of carbonyl (C=O) groups excluding carboxylic acids is 1. The molecule has 3 aromatic carbocycles. The lowest BCUT2D eigenvalue weighted by atomic mass is 9.72. The normalized spacial score (nSPS) is 16.0. The van der Waals surface area contributed by atoms with Gasteiger partial charge in [-0.1, -0.05) is 44.2 Å². The maximum atomic E-state index is 14.7. The third kappa shape index (κ3) is 5.19. The van der Waals surface area contributed by atoms with Crippen molar-refractivity contribution in [3.05, 3.63) is 83.2 Å². The number of rotatable bonds is 5. The van der Waals surface area contributed by atoms with E-state index in [0.29, 0.717) is 12.1 Å². The number of fused-ring (bicyclic) bond motifs is 1. The number of nitrogens with one attached hydrogen (secondary N) is 1. The molecular formula is C27H22F7NO4S. The molecular weight excluding hydrogens is 567 g/mol. The molecule has 13 heteroatoms. The lowest BCUT2D eigenvalue weighted by Crippen LogP contribution is -2.53. The average Bonchev–Trinajstić information content (AvgIpc) is 2.81. The first-order valence-electron chi connectivity index (χ1n) is 11.7. The highest BCUT2D eigenvalue weighted by molar-refractivity contribution is 7.92. The minimum absolute atomic E-state index is 0.0229.